The van der Waals surface area contributed by atoms with Crippen LogP contribution in [0.4, 0.5) is 0 Å². The minimum absolute atomic E-state index is 0.107. The number of aromatic nitrogens is 2. The van der Waals surface area contributed by atoms with Gasteiger partial charge in [-0.05, 0) is 44.1 Å². The van der Waals surface area contributed by atoms with Crippen LogP contribution in [-0.2, 0) is 0 Å². The maximum absolute atomic E-state index is 11.2. The van der Waals surface area contributed by atoms with Crippen LogP contribution >= 0.6 is 12.2 Å². The fraction of sp³-hybridized carbons (Fsp3) is 0.231. The smallest absolute Gasteiger partial charge is 0.354 e. The van der Waals surface area contributed by atoms with Crippen molar-refractivity contribution in [1.82, 2.24) is 9.97 Å². The molecular formula is C13H14N2O2S. The van der Waals surface area contributed by atoms with Crippen molar-refractivity contribution >= 4 is 18.2 Å². The first-order valence-electron chi connectivity index (χ1n) is 5.54. The topological polar surface area (TPSA) is 68.9 Å². The van der Waals surface area contributed by atoms with Gasteiger partial charge in [-0.2, -0.15) is 0 Å². The number of hydrogen-bond donors (Lipinski definition) is 3. The molecule has 2 aromatic rings. The summed E-state index contributed by atoms with van der Waals surface area (Å²) >= 11 is 4.98. The number of carboxylic acid groups (broad SMARTS) is 1. The Bertz CT molecular complexity index is 660. The Morgan fingerprint density at radius 3 is 2.22 bits per heavy atom. The van der Waals surface area contributed by atoms with E-state index >= 15 is 0 Å². The minimum atomic E-state index is -1.02. The van der Waals surface area contributed by atoms with Gasteiger partial charge in [0.15, 0.2) is 10.5 Å². The molecule has 0 radical (unpaired) electrons. The third-order valence-corrected chi connectivity index (χ3v) is 3.07. The lowest BCUT2D eigenvalue weighted by Crippen LogP contribution is -2.01. The number of hydrogen-bond acceptors (Lipinski definition) is 2. The number of aromatic carboxylic acids is 1. The summed E-state index contributed by atoms with van der Waals surface area (Å²) in [7, 11) is 0. The fourth-order valence-electron chi connectivity index (χ4n) is 2.31. The molecule has 0 aliphatic heterocycles. The quantitative estimate of drug-likeness (QED) is 0.727. The van der Waals surface area contributed by atoms with Crippen molar-refractivity contribution < 1.29 is 9.90 Å². The highest BCUT2D eigenvalue weighted by Crippen LogP contribution is 2.29. The van der Waals surface area contributed by atoms with Crippen LogP contribution in [0.3, 0.4) is 0 Å². The third kappa shape index (κ3) is 2.09. The Balaban J connectivity index is 2.77. The highest BCUT2D eigenvalue weighted by Gasteiger charge is 2.18. The molecule has 3 N–H and O–H groups in total. The van der Waals surface area contributed by atoms with Crippen molar-refractivity contribution in [2.24, 2.45) is 0 Å². The molecule has 5 heteroatoms. The second kappa shape index (κ2) is 4.42. The third-order valence-electron chi connectivity index (χ3n) is 2.87. The van der Waals surface area contributed by atoms with Crippen LogP contribution in [0.5, 0.6) is 0 Å². The SMILES string of the molecule is Cc1cc(C)c(-c2[nH]c(=S)[nH]c2C(=O)O)c(C)c1. The van der Waals surface area contributed by atoms with E-state index in [1.54, 1.807) is 0 Å². The maximum Gasteiger partial charge on any atom is 0.354 e. The van der Waals surface area contributed by atoms with Crippen LogP contribution in [0.2, 0.25) is 0 Å². The Hall–Kier alpha value is -1.88. The van der Waals surface area contributed by atoms with E-state index in [0.29, 0.717) is 10.5 Å². The van der Waals surface area contributed by atoms with E-state index in [9.17, 15) is 9.90 Å². The summed E-state index contributed by atoms with van der Waals surface area (Å²) in [6.45, 7) is 5.94. The lowest BCUT2D eigenvalue weighted by molar-refractivity contribution is 0.0692. The summed E-state index contributed by atoms with van der Waals surface area (Å²) in [5.41, 5.74) is 4.75. The van der Waals surface area contributed by atoms with Crippen molar-refractivity contribution in [3.05, 3.63) is 39.3 Å². The lowest BCUT2D eigenvalue weighted by Gasteiger charge is -2.10. The summed E-state index contributed by atoms with van der Waals surface area (Å²) in [6.07, 6.45) is 0. The summed E-state index contributed by atoms with van der Waals surface area (Å²) in [6, 6.07) is 4.05. The molecule has 0 amide bonds. The van der Waals surface area contributed by atoms with Crippen molar-refractivity contribution in [3.8, 4) is 11.3 Å². The molecule has 2 rings (SSSR count). The fourth-order valence-corrected chi connectivity index (χ4v) is 2.51. The molecule has 0 aliphatic rings. The standard InChI is InChI=1S/C13H14N2O2S/c1-6-4-7(2)9(8(3)5-6)10-11(12(16)17)15-13(18)14-10/h4-5H,1-3H3,(H,16,17)(H2,14,15,18). The van der Waals surface area contributed by atoms with Gasteiger partial charge in [0.05, 0.1) is 5.69 Å². The summed E-state index contributed by atoms with van der Waals surface area (Å²) in [5.74, 6) is -1.02. The Morgan fingerprint density at radius 2 is 1.72 bits per heavy atom. The Morgan fingerprint density at radius 1 is 1.17 bits per heavy atom. The predicted molar refractivity (Wildman–Crippen MR) is 72.6 cm³/mol. The highest BCUT2D eigenvalue weighted by molar-refractivity contribution is 7.71. The van der Waals surface area contributed by atoms with Gasteiger partial charge in [0.1, 0.15) is 0 Å². The number of carbonyl (C=O) groups is 1. The molecular weight excluding hydrogens is 248 g/mol. The van der Waals surface area contributed by atoms with Crippen LogP contribution in [0.1, 0.15) is 27.2 Å². The monoisotopic (exact) mass is 262 g/mol. The van der Waals surface area contributed by atoms with Crippen molar-refractivity contribution in [2.75, 3.05) is 0 Å². The molecule has 0 unspecified atom stereocenters. The first-order valence-corrected chi connectivity index (χ1v) is 5.94. The number of imidazole rings is 1. The van der Waals surface area contributed by atoms with Gasteiger partial charge in [0.2, 0.25) is 0 Å². The van der Waals surface area contributed by atoms with Crippen LogP contribution in [0.25, 0.3) is 11.3 Å². The first kappa shape index (κ1) is 12.6. The van der Waals surface area contributed by atoms with E-state index in [2.05, 4.69) is 9.97 Å². The van der Waals surface area contributed by atoms with Gasteiger partial charge in [-0.25, -0.2) is 4.79 Å². The van der Waals surface area contributed by atoms with Crippen LogP contribution in [0, 0.1) is 25.5 Å². The molecule has 1 aromatic heterocycles. The number of aromatic amines is 2. The zero-order valence-corrected chi connectivity index (χ0v) is 11.2. The van der Waals surface area contributed by atoms with E-state index < -0.39 is 5.97 Å². The molecule has 0 fully saturated rings. The molecule has 0 aliphatic carbocycles. The van der Waals surface area contributed by atoms with Crippen LogP contribution in [-0.4, -0.2) is 21.0 Å². The van der Waals surface area contributed by atoms with Gasteiger partial charge in [-0.1, -0.05) is 17.7 Å². The molecule has 0 bridgehead atoms. The zero-order valence-electron chi connectivity index (χ0n) is 10.4. The highest BCUT2D eigenvalue weighted by atomic mass is 32.1. The molecule has 4 nitrogen and oxygen atoms in total. The average molecular weight is 262 g/mol. The van der Waals surface area contributed by atoms with Gasteiger partial charge in [-0.15, -0.1) is 0 Å². The lowest BCUT2D eigenvalue weighted by atomic mass is 9.96. The van der Waals surface area contributed by atoms with Crippen molar-refractivity contribution in [3.63, 3.8) is 0 Å². The number of carboxylic acids is 1. The summed E-state index contributed by atoms with van der Waals surface area (Å²) in [4.78, 5) is 16.8. The summed E-state index contributed by atoms with van der Waals surface area (Å²) in [5, 5.41) is 9.18. The van der Waals surface area contributed by atoms with Gasteiger partial charge in [0, 0.05) is 5.56 Å². The van der Waals surface area contributed by atoms with E-state index in [1.165, 1.54) is 0 Å². The van der Waals surface area contributed by atoms with Crippen LogP contribution in [0.15, 0.2) is 12.1 Å². The molecule has 18 heavy (non-hydrogen) atoms. The number of benzene rings is 1. The molecule has 1 heterocycles. The van der Waals surface area contributed by atoms with Gasteiger partial charge < -0.3 is 15.1 Å². The van der Waals surface area contributed by atoms with Gasteiger partial charge >= 0.3 is 5.97 Å². The normalized spacial score (nSPS) is 10.6. The Kier molecular flexibility index (Phi) is 3.09. The number of H-pyrrole nitrogens is 2. The molecule has 0 saturated heterocycles. The van der Waals surface area contributed by atoms with Gasteiger partial charge in [-0.3, -0.25) is 0 Å². The number of rotatable bonds is 2. The minimum Gasteiger partial charge on any atom is -0.477 e. The van der Waals surface area contributed by atoms with Crippen molar-refractivity contribution in [1.29, 1.82) is 0 Å². The molecule has 0 saturated carbocycles. The van der Waals surface area contributed by atoms with Crippen LogP contribution < -0.4 is 0 Å². The molecule has 1 aromatic carbocycles. The Labute approximate surface area is 110 Å². The molecule has 94 valence electrons. The number of aryl methyl sites for hydroxylation is 3. The maximum atomic E-state index is 11.2. The summed E-state index contributed by atoms with van der Waals surface area (Å²) < 4.78 is 0.321. The van der Waals surface area contributed by atoms with E-state index in [4.69, 9.17) is 12.2 Å². The molecule has 0 atom stereocenters. The van der Waals surface area contributed by atoms with Gasteiger partial charge in [0.25, 0.3) is 0 Å². The zero-order chi connectivity index (χ0) is 13.4. The first-order chi connectivity index (χ1) is 8.40. The second-order valence-corrected chi connectivity index (χ2v) is 4.82. The largest absolute Gasteiger partial charge is 0.477 e. The van der Waals surface area contributed by atoms with E-state index in [-0.39, 0.29) is 5.69 Å². The predicted octanol–water partition coefficient (Wildman–Crippen LogP) is 3.36. The average Bonchev–Trinajstić information content (AvgIpc) is 2.58. The van der Waals surface area contributed by atoms with Crippen molar-refractivity contribution in [2.45, 2.75) is 20.8 Å². The van der Waals surface area contributed by atoms with E-state index in [0.717, 1.165) is 22.3 Å². The van der Waals surface area contributed by atoms with E-state index in [1.807, 2.05) is 32.9 Å². The second-order valence-electron chi connectivity index (χ2n) is 4.41. The number of nitrogens with one attached hydrogen (secondary N) is 2. The molecule has 0 spiro atoms.